The first-order valence-corrected chi connectivity index (χ1v) is 10.0. The van der Waals surface area contributed by atoms with Crippen LogP contribution in [-0.2, 0) is 11.3 Å². The molecule has 0 aliphatic carbocycles. The van der Waals surface area contributed by atoms with Gasteiger partial charge in [0.1, 0.15) is 22.9 Å². The fourth-order valence-corrected chi connectivity index (χ4v) is 4.00. The van der Waals surface area contributed by atoms with Gasteiger partial charge in [0.05, 0.1) is 25.9 Å². The molecule has 2 heterocycles. The highest BCUT2D eigenvalue weighted by atomic mass is 32.1. The monoisotopic (exact) mass is 421 g/mol. The Balaban J connectivity index is 1.60. The van der Waals surface area contributed by atoms with Gasteiger partial charge in [0.15, 0.2) is 0 Å². The second-order valence-corrected chi connectivity index (χ2v) is 7.37. The van der Waals surface area contributed by atoms with Gasteiger partial charge in [-0.25, -0.2) is 4.98 Å². The maximum atomic E-state index is 13.1. The lowest BCUT2D eigenvalue weighted by atomic mass is 10.1. The highest BCUT2D eigenvalue weighted by Gasteiger charge is 2.15. The fraction of sp³-hybridized carbons (Fsp3) is 0.136. The fourth-order valence-electron chi connectivity index (χ4n) is 3.09. The van der Waals surface area contributed by atoms with Gasteiger partial charge in [0, 0.05) is 16.6 Å². The highest BCUT2D eigenvalue weighted by molar-refractivity contribution is 7.17. The minimum Gasteiger partial charge on any atom is -0.497 e. The number of hydrogen-bond donors (Lipinski definition) is 1. The van der Waals surface area contributed by atoms with Gasteiger partial charge < -0.3 is 14.8 Å². The Kier molecular flexibility index (Phi) is 5.49. The number of hydrogen-bond acceptors (Lipinski definition) is 6. The lowest BCUT2D eigenvalue weighted by Gasteiger charge is -2.08. The molecule has 4 aromatic rings. The van der Waals surface area contributed by atoms with Crippen molar-refractivity contribution in [2.24, 2.45) is 0 Å². The van der Waals surface area contributed by atoms with E-state index in [0.717, 1.165) is 16.9 Å². The second-order valence-electron chi connectivity index (χ2n) is 6.51. The van der Waals surface area contributed by atoms with Gasteiger partial charge >= 0.3 is 0 Å². The summed E-state index contributed by atoms with van der Waals surface area (Å²) in [6.07, 6.45) is 1.41. The molecule has 30 heavy (non-hydrogen) atoms. The first-order valence-electron chi connectivity index (χ1n) is 9.14. The van der Waals surface area contributed by atoms with Gasteiger partial charge in [-0.1, -0.05) is 12.1 Å². The molecule has 4 rings (SSSR count). The molecule has 2 aromatic heterocycles. The lowest BCUT2D eigenvalue weighted by molar-refractivity contribution is -0.116. The van der Waals surface area contributed by atoms with E-state index in [9.17, 15) is 9.59 Å². The number of anilines is 1. The number of amides is 1. The van der Waals surface area contributed by atoms with Crippen molar-refractivity contribution in [1.82, 2.24) is 9.55 Å². The van der Waals surface area contributed by atoms with E-state index in [1.165, 1.54) is 22.2 Å². The van der Waals surface area contributed by atoms with E-state index in [1.807, 2.05) is 29.6 Å². The van der Waals surface area contributed by atoms with Gasteiger partial charge in [0.2, 0.25) is 5.91 Å². The van der Waals surface area contributed by atoms with Crippen molar-refractivity contribution in [3.8, 4) is 22.6 Å². The van der Waals surface area contributed by atoms with Gasteiger partial charge in [-0.3, -0.25) is 14.2 Å². The van der Waals surface area contributed by atoms with Crippen LogP contribution in [0.3, 0.4) is 0 Å². The molecule has 0 saturated carbocycles. The minimum absolute atomic E-state index is 0.133. The van der Waals surface area contributed by atoms with Crippen molar-refractivity contribution in [2.45, 2.75) is 6.54 Å². The molecule has 0 radical (unpaired) electrons. The van der Waals surface area contributed by atoms with E-state index in [-0.39, 0.29) is 18.0 Å². The highest BCUT2D eigenvalue weighted by Crippen LogP contribution is 2.31. The quantitative estimate of drug-likeness (QED) is 0.512. The number of thiophene rings is 1. The number of nitrogens with zero attached hydrogens (tertiary/aromatic N) is 2. The van der Waals surface area contributed by atoms with Crippen LogP contribution in [0.25, 0.3) is 21.3 Å². The number of carbonyl (C=O) groups excluding carboxylic acids is 1. The summed E-state index contributed by atoms with van der Waals surface area (Å²) in [4.78, 5) is 30.5. The van der Waals surface area contributed by atoms with Crippen molar-refractivity contribution in [1.29, 1.82) is 0 Å². The summed E-state index contributed by atoms with van der Waals surface area (Å²) in [5, 5.41) is 5.19. The molecule has 0 spiro atoms. The van der Waals surface area contributed by atoms with Crippen LogP contribution in [0, 0.1) is 0 Å². The zero-order valence-electron chi connectivity index (χ0n) is 16.4. The van der Waals surface area contributed by atoms with E-state index in [1.54, 1.807) is 38.5 Å². The maximum absolute atomic E-state index is 13.1. The molecule has 0 aliphatic rings. The first kappa shape index (κ1) is 19.7. The molecule has 0 aliphatic heterocycles. The van der Waals surface area contributed by atoms with Crippen LogP contribution < -0.4 is 20.3 Å². The van der Waals surface area contributed by atoms with Crippen molar-refractivity contribution in [3.05, 3.63) is 70.6 Å². The van der Waals surface area contributed by atoms with Crippen LogP contribution in [0.4, 0.5) is 5.69 Å². The molecule has 0 atom stereocenters. The summed E-state index contributed by atoms with van der Waals surface area (Å²) in [5.41, 5.74) is 2.05. The number of aromatic nitrogens is 2. The summed E-state index contributed by atoms with van der Waals surface area (Å²) in [6, 6.07) is 14.5. The third-order valence-corrected chi connectivity index (χ3v) is 5.54. The second kappa shape index (κ2) is 8.38. The van der Waals surface area contributed by atoms with Crippen LogP contribution in [-0.4, -0.2) is 29.7 Å². The Morgan fingerprint density at radius 1 is 1.03 bits per heavy atom. The van der Waals surface area contributed by atoms with Crippen molar-refractivity contribution >= 4 is 33.1 Å². The lowest BCUT2D eigenvalue weighted by Crippen LogP contribution is -2.27. The first-order chi connectivity index (χ1) is 14.6. The molecular formula is C22H19N3O4S. The van der Waals surface area contributed by atoms with Crippen molar-refractivity contribution in [2.75, 3.05) is 19.5 Å². The Bertz CT molecular complexity index is 1240. The predicted octanol–water partition coefficient (Wildman–Crippen LogP) is 3.78. The Morgan fingerprint density at radius 3 is 2.30 bits per heavy atom. The Labute approximate surface area is 176 Å². The maximum Gasteiger partial charge on any atom is 0.263 e. The number of rotatable bonds is 6. The van der Waals surface area contributed by atoms with E-state index in [2.05, 4.69) is 10.3 Å². The number of benzene rings is 2. The van der Waals surface area contributed by atoms with E-state index >= 15 is 0 Å². The normalized spacial score (nSPS) is 10.7. The molecule has 152 valence electrons. The molecule has 8 heteroatoms. The Hall–Kier alpha value is -3.65. The van der Waals surface area contributed by atoms with Crippen LogP contribution >= 0.6 is 11.3 Å². The van der Waals surface area contributed by atoms with Gasteiger partial charge in [-0.15, -0.1) is 11.3 Å². The van der Waals surface area contributed by atoms with E-state index in [0.29, 0.717) is 21.7 Å². The van der Waals surface area contributed by atoms with E-state index in [4.69, 9.17) is 9.47 Å². The molecule has 1 amide bonds. The third kappa shape index (κ3) is 3.90. The SMILES string of the molecule is COc1ccc(NC(=O)Cn2cnc3scc(-c4ccc(OC)cc4)c3c2=O)cc1. The van der Waals surface area contributed by atoms with Crippen molar-refractivity contribution in [3.63, 3.8) is 0 Å². The smallest absolute Gasteiger partial charge is 0.263 e. The number of methoxy groups -OCH3 is 2. The van der Waals surface area contributed by atoms with Gasteiger partial charge in [-0.2, -0.15) is 0 Å². The van der Waals surface area contributed by atoms with Crippen molar-refractivity contribution < 1.29 is 14.3 Å². The predicted molar refractivity (Wildman–Crippen MR) is 117 cm³/mol. The van der Waals surface area contributed by atoms with Gasteiger partial charge in [-0.05, 0) is 42.0 Å². The average molecular weight is 421 g/mol. The van der Waals surface area contributed by atoms with Crippen LogP contribution in [0.15, 0.2) is 65.0 Å². The van der Waals surface area contributed by atoms with Crippen LogP contribution in [0.5, 0.6) is 11.5 Å². The number of fused-ring (bicyclic) bond motifs is 1. The Morgan fingerprint density at radius 2 is 1.67 bits per heavy atom. The molecule has 2 aromatic carbocycles. The summed E-state index contributed by atoms with van der Waals surface area (Å²) in [6.45, 7) is -0.133. The molecule has 0 fully saturated rings. The van der Waals surface area contributed by atoms with Crippen LogP contribution in [0.2, 0.25) is 0 Å². The molecule has 1 N–H and O–H groups in total. The zero-order chi connectivity index (χ0) is 21.1. The molecule has 0 bridgehead atoms. The molecule has 0 saturated heterocycles. The minimum atomic E-state index is -0.315. The number of carbonyl (C=O) groups is 1. The largest absolute Gasteiger partial charge is 0.497 e. The number of ether oxygens (including phenoxy) is 2. The summed E-state index contributed by atoms with van der Waals surface area (Å²) in [5.74, 6) is 1.12. The molecular weight excluding hydrogens is 402 g/mol. The van der Waals surface area contributed by atoms with Gasteiger partial charge in [0.25, 0.3) is 5.56 Å². The molecule has 7 nitrogen and oxygen atoms in total. The summed E-state index contributed by atoms with van der Waals surface area (Å²) < 4.78 is 11.6. The third-order valence-electron chi connectivity index (χ3n) is 4.65. The topological polar surface area (TPSA) is 82.4 Å². The van der Waals surface area contributed by atoms with E-state index < -0.39 is 0 Å². The summed E-state index contributed by atoms with van der Waals surface area (Å²) >= 11 is 1.40. The standard InChI is InChI=1S/C22H19N3O4S/c1-28-16-7-3-14(4-8-16)18-12-30-21-20(18)22(27)25(13-23-21)11-19(26)24-15-5-9-17(29-2)10-6-15/h3-10,12-13H,11H2,1-2H3,(H,24,26). The average Bonchev–Trinajstić information content (AvgIpc) is 3.21. The summed E-state index contributed by atoms with van der Waals surface area (Å²) in [7, 11) is 3.18. The number of nitrogens with one attached hydrogen (secondary N) is 1. The zero-order valence-corrected chi connectivity index (χ0v) is 17.2. The van der Waals surface area contributed by atoms with Crippen LogP contribution in [0.1, 0.15) is 0 Å². The molecule has 0 unspecified atom stereocenters.